The van der Waals surface area contributed by atoms with Crippen LogP contribution in [0.5, 0.6) is 0 Å². The van der Waals surface area contributed by atoms with E-state index in [0.29, 0.717) is 18.7 Å². The predicted octanol–water partition coefficient (Wildman–Crippen LogP) is 4.36. The highest BCUT2D eigenvalue weighted by Crippen LogP contribution is 2.32. The summed E-state index contributed by atoms with van der Waals surface area (Å²) in [4.78, 5) is 20.0. The Balaban J connectivity index is 1.51. The summed E-state index contributed by atoms with van der Waals surface area (Å²) in [6.07, 6.45) is 1.58. The number of fused-ring (bicyclic) bond motifs is 2. The largest absolute Gasteiger partial charge is 0.378 e. The van der Waals surface area contributed by atoms with Crippen LogP contribution >= 0.6 is 23.4 Å². The molecule has 0 atom stereocenters. The van der Waals surface area contributed by atoms with E-state index in [9.17, 15) is 0 Å². The van der Waals surface area contributed by atoms with Crippen molar-refractivity contribution in [3.8, 4) is 0 Å². The molecular formula is C21H18ClN5OS. The van der Waals surface area contributed by atoms with Crippen molar-refractivity contribution in [2.45, 2.75) is 10.8 Å². The zero-order valence-corrected chi connectivity index (χ0v) is 17.2. The lowest BCUT2D eigenvalue weighted by Crippen LogP contribution is -2.37. The van der Waals surface area contributed by atoms with Gasteiger partial charge in [0.15, 0.2) is 5.82 Å². The second kappa shape index (κ2) is 8.10. The molecule has 6 nitrogen and oxygen atoms in total. The van der Waals surface area contributed by atoms with Crippen molar-refractivity contribution in [1.82, 2.24) is 19.9 Å². The number of anilines is 1. The molecule has 1 aliphatic heterocycles. The number of hydrogen-bond acceptors (Lipinski definition) is 7. The Hall–Kier alpha value is -2.48. The van der Waals surface area contributed by atoms with Crippen LogP contribution in [0, 0.1) is 0 Å². The van der Waals surface area contributed by atoms with Gasteiger partial charge in [0.2, 0.25) is 5.28 Å². The summed E-state index contributed by atoms with van der Waals surface area (Å²) >= 11 is 7.90. The zero-order valence-electron chi connectivity index (χ0n) is 15.6. The molecule has 2 aromatic heterocycles. The number of thioether (sulfide) groups is 1. The maximum absolute atomic E-state index is 6.27. The van der Waals surface area contributed by atoms with E-state index in [0.717, 1.165) is 35.2 Å². The van der Waals surface area contributed by atoms with E-state index in [1.807, 2.05) is 0 Å². The van der Waals surface area contributed by atoms with Crippen LogP contribution in [0.25, 0.3) is 21.8 Å². The minimum absolute atomic E-state index is 0.209. The van der Waals surface area contributed by atoms with Crippen LogP contribution in [0.4, 0.5) is 5.82 Å². The Bertz CT molecular complexity index is 1180. The van der Waals surface area contributed by atoms with Crippen molar-refractivity contribution >= 4 is 51.0 Å². The number of morpholine rings is 1. The topological polar surface area (TPSA) is 64.0 Å². The summed E-state index contributed by atoms with van der Waals surface area (Å²) in [6, 6.07) is 14.8. The molecule has 4 aromatic rings. The van der Waals surface area contributed by atoms with Gasteiger partial charge >= 0.3 is 0 Å². The highest BCUT2D eigenvalue weighted by Gasteiger charge is 2.20. The van der Waals surface area contributed by atoms with Gasteiger partial charge in [0.1, 0.15) is 22.4 Å². The number of ether oxygens (including phenoxy) is 1. The lowest BCUT2D eigenvalue weighted by Gasteiger charge is -2.28. The Kier molecular flexibility index (Phi) is 5.18. The third-order valence-corrected chi connectivity index (χ3v) is 6.15. The summed E-state index contributed by atoms with van der Waals surface area (Å²) < 4.78 is 5.45. The first-order valence-corrected chi connectivity index (χ1v) is 10.8. The first kappa shape index (κ1) is 18.5. The van der Waals surface area contributed by atoms with Gasteiger partial charge in [-0.3, -0.25) is 0 Å². The molecule has 8 heteroatoms. The molecule has 5 rings (SSSR count). The molecule has 2 aromatic carbocycles. The molecule has 0 bridgehead atoms. The number of halogens is 1. The molecule has 0 saturated carbocycles. The monoisotopic (exact) mass is 423 g/mol. The Morgan fingerprint density at radius 3 is 2.69 bits per heavy atom. The fraction of sp³-hybridized carbons (Fsp3) is 0.238. The van der Waals surface area contributed by atoms with Crippen molar-refractivity contribution in [2.24, 2.45) is 0 Å². The Morgan fingerprint density at radius 2 is 1.79 bits per heavy atom. The van der Waals surface area contributed by atoms with E-state index in [1.165, 1.54) is 16.3 Å². The van der Waals surface area contributed by atoms with Gasteiger partial charge in [-0.15, -0.1) is 0 Å². The van der Waals surface area contributed by atoms with E-state index in [1.54, 1.807) is 18.1 Å². The quantitative estimate of drug-likeness (QED) is 0.274. The number of hydrogen-bond donors (Lipinski definition) is 0. The summed E-state index contributed by atoms with van der Waals surface area (Å²) in [5, 5.41) is 3.50. The fourth-order valence-electron chi connectivity index (χ4n) is 3.55. The van der Waals surface area contributed by atoms with Gasteiger partial charge in [-0.1, -0.05) is 54.2 Å². The summed E-state index contributed by atoms with van der Waals surface area (Å²) in [5.41, 5.74) is 2.68. The first-order valence-electron chi connectivity index (χ1n) is 9.40. The molecule has 1 aliphatic rings. The SMILES string of the molecule is Clc1nc(N2CCOCC2)c2ncnc(SCc3cccc4ccccc34)c2n1. The van der Waals surface area contributed by atoms with Crippen molar-refractivity contribution in [3.63, 3.8) is 0 Å². The average molecular weight is 424 g/mol. The van der Waals surface area contributed by atoms with E-state index in [2.05, 4.69) is 67.3 Å². The van der Waals surface area contributed by atoms with Crippen LogP contribution in [-0.2, 0) is 10.5 Å². The number of aromatic nitrogens is 4. The normalized spacial score (nSPS) is 14.6. The molecule has 0 spiro atoms. The smallest absolute Gasteiger partial charge is 0.225 e. The predicted molar refractivity (Wildman–Crippen MR) is 117 cm³/mol. The van der Waals surface area contributed by atoms with Gasteiger partial charge in [0, 0.05) is 18.8 Å². The van der Waals surface area contributed by atoms with Crippen molar-refractivity contribution in [3.05, 3.63) is 59.6 Å². The lowest BCUT2D eigenvalue weighted by atomic mass is 10.1. The highest BCUT2D eigenvalue weighted by molar-refractivity contribution is 7.98. The fourth-order valence-corrected chi connectivity index (χ4v) is 4.66. The van der Waals surface area contributed by atoms with Crippen molar-refractivity contribution in [1.29, 1.82) is 0 Å². The van der Waals surface area contributed by atoms with Crippen LogP contribution in [0.2, 0.25) is 5.28 Å². The molecule has 0 N–H and O–H groups in total. The standard InChI is InChI=1S/C21H18ClN5OS/c22-21-25-18-17(19(26-21)27-8-10-28-11-9-27)23-13-24-20(18)29-12-15-6-3-5-14-4-1-2-7-16(14)15/h1-7,13H,8-12H2. The van der Waals surface area contributed by atoms with Crippen LogP contribution < -0.4 is 4.90 Å². The zero-order chi connectivity index (χ0) is 19.6. The van der Waals surface area contributed by atoms with Gasteiger partial charge in [-0.2, -0.15) is 4.98 Å². The third-order valence-electron chi connectivity index (χ3n) is 4.96. The van der Waals surface area contributed by atoms with Gasteiger partial charge in [0.25, 0.3) is 0 Å². The van der Waals surface area contributed by atoms with E-state index >= 15 is 0 Å². The number of benzene rings is 2. The van der Waals surface area contributed by atoms with Gasteiger partial charge in [-0.05, 0) is 27.9 Å². The molecule has 1 fully saturated rings. The van der Waals surface area contributed by atoms with Crippen LogP contribution in [0.1, 0.15) is 5.56 Å². The van der Waals surface area contributed by atoms with Crippen molar-refractivity contribution in [2.75, 3.05) is 31.2 Å². The van der Waals surface area contributed by atoms with E-state index in [-0.39, 0.29) is 5.28 Å². The second-order valence-corrected chi connectivity index (χ2v) is 8.02. The molecule has 29 heavy (non-hydrogen) atoms. The number of rotatable bonds is 4. The molecule has 146 valence electrons. The molecule has 3 heterocycles. The average Bonchev–Trinajstić information content (AvgIpc) is 2.78. The summed E-state index contributed by atoms with van der Waals surface area (Å²) in [6.45, 7) is 2.84. The highest BCUT2D eigenvalue weighted by atomic mass is 35.5. The van der Waals surface area contributed by atoms with Crippen LogP contribution in [-0.4, -0.2) is 46.2 Å². The summed E-state index contributed by atoms with van der Waals surface area (Å²) in [7, 11) is 0. The number of nitrogens with zero attached hydrogens (tertiary/aromatic N) is 5. The summed E-state index contributed by atoms with van der Waals surface area (Å²) in [5.74, 6) is 1.53. The van der Waals surface area contributed by atoms with Gasteiger partial charge in [-0.25, -0.2) is 15.0 Å². The molecular weight excluding hydrogens is 406 g/mol. The molecule has 0 amide bonds. The third kappa shape index (κ3) is 3.73. The molecule has 0 aliphatic carbocycles. The Labute approximate surface area is 177 Å². The second-order valence-electron chi connectivity index (χ2n) is 6.72. The van der Waals surface area contributed by atoms with Crippen LogP contribution in [0.15, 0.2) is 53.8 Å². The Morgan fingerprint density at radius 1 is 0.966 bits per heavy atom. The van der Waals surface area contributed by atoms with Gasteiger partial charge in [0.05, 0.1) is 13.2 Å². The maximum atomic E-state index is 6.27. The maximum Gasteiger partial charge on any atom is 0.225 e. The van der Waals surface area contributed by atoms with Crippen LogP contribution in [0.3, 0.4) is 0 Å². The minimum Gasteiger partial charge on any atom is -0.378 e. The molecule has 1 saturated heterocycles. The van der Waals surface area contributed by atoms with Gasteiger partial charge < -0.3 is 9.64 Å². The van der Waals surface area contributed by atoms with E-state index < -0.39 is 0 Å². The van der Waals surface area contributed by atoms with Crippen molar-refractivity contribution < 1.29 is 4.74 Å². The molecule has 0 radical (unpaired) electrons. The minimum atomic E-state index is 0.209. The molecule has 0 unspecified atom stereocenters. The van der Waals surface area contributed by atoms with E-state index in [4.69, 9.17) is 16.3 Å². The lowest BCUT2D eigenvalue weighted by molar-refractivity contribution is 0.122. The first-order chi connectivity index (χ1) is 14.3.